The van der Waals surface area contributed by atoms with E-state index in [4.69, 9.17) is 0 Å². The quantitative estimate of drug-likeness (QED) is 0.837. The van der Waals surface area contributed by atoms with Crippen molar-refractivity contribution in [2.24, 2.45) is 0 Å². The molecule has 0 fully saturated rings. The van der Waals surface area contributed by atoms with Gasteiger partial charge < -0.3 is 0 Å². The van der Waals surface area contributed by atoms with Gasteiger partial charge in [0.15, 0.2) is 0 Å². The molecule has 1 aromatic carbocycles. The zero-order valence-corrected chi connectivity index (χ0v) is 11.7. The van der Waals surface area contributed by atoms with Crippen LogP contribution in [0.1, 0.15) is 23.7 Å². The first-order chi connectivity index (χ1) is 9.26. The van der Waals surface area contributed by atoms with Crippen molar-refractivity contribution < 1.29 is 0 Å². The van der Waals surface area contributed by atoms with Gasteiger partial charge in [-0.25, -0.2) is 0 Å². The molecule has 0 amide bonds. The first-order valence-corrected chi connectivity index (χ1v) is 7.05. The Kier molecular flexibility index (Phi) is 3.38. The summed E-state index contributed by atoms with van der Waals surface area (Å²) in [6.45, 7) is 4.00. The van der Waals surface area contributed by atoms with Crippen molar-refractivity contribution >= 4 is 0 Å². The molecule has 0 aliphatic heterocycles. The highest BCUT2D eigenvalue weighted by molar-refractivity contribution is 5.33. The second kappa shape index (κ2) is 5.17. The van der Waals surface area contributed by atoms with Crippen molar-refractivity contribution in [2.75, 3.05) is 7.05 Å². The summed E-state index contributed by atoms with van der Waals surface area (Å²) >= 11 is 0. The molecule has 0 spiro atoms. The molecule has 0 atom stereocenters. The minimum absolute atomic E-state index is 0.615. The number of aryl methyl sites for hydroxylation is 1. The topological polar surface area (TPSA) is 21.1 Å². The summed E-state index contributed by atoms with van der Waals surface area (Å²) in [5, 5.41) is 4.56. The number of benzene rings is 1. The van der Waals surface area contributed by atoms with Crippen LogP contribution in [0.4, 0.5) is 0 Å². The van der Waals surface area contributed by atoms with E-state index in [2.05, 4.69) is 60.5 Å². The molecular formula is C16H21N3. The number of nitrogens with zero attached hydrogens (tertiary/aromatic N) is 3. The summed E-state index contributed by atoms with van der Waals surface area (Å²) < 4.78 is 1.99. The van der Waals surface area contributed by atoms with Gasteiger partial charge in [-0.2, -0.15) is 5.10 Å². The Balaban J connectivity index is 1.65. The van der Waals surface area contributed by atoms with Crippen LogP contribution in [0.3, 0.4) is 0 Å². The maximum Gasteiger partial charge on any atom is 0.0764 e. The van der Waals surface area contributed by atoms with Crippen molar-refractivity contribution in [3.8, 4) is 0 Å². The molecule has 0 saturated carbocycles. The molecule has 0 unspecified atom stereocenters. The van der Waals surface area contributed by atoms with Gasteiger partial charge in [-0.15, -0.1) is 0 Å². The summed E-state index contributed by atoms with van der Waals surface area (Å²) in [5.74, 6) is 0. The molecule has 0 bridgehead atoms. The first-order valence-electron chi connectivity index (χ1n) is 7.05. The molecule has 3 rings (SSSR count). The van der Waals surface area contributed by atoms with E-state index in [1.165, 1.54) is 29.7 Å². The molecule has 0 N–H and O–H groups in total. The Morgan fingerprint density at radius 3 is 2.47 bits per heavy atom. The average Bonchev–Trinajstić information content (AvgIpc) is 3.04. The van der Waals surface area contributed by atoms with Gasteiger partial charge in [0, 0.05) is 25.3 Å². The van der Waals surface area contributed by atoms with Crippen molar-refractivity contribution in [3.63, 3.8) is 0 Å². The molecule has 1 heterocycles. The summed E-state index contributed by atoms with van der Waals surface area (Å²) in [6, 6.07) is 11.5. The van der Waals surface area contributed by atoms with E-state index >= 15 is 0 Å². The number of fused-ring (bicyclic) bond motifs is 1. The van der Waals surface area contributed by atoms with Crippen molar-refractivity contribution in [2.45, 2.75) is 38.9 Å². The van der Waals surface area contributed by atoms with Gasteiger partial charge in [0.05, 0.1) is 5.69 Å². The molecule has 1 aliphatic rings. The second-order valence-corrected chi connectivity index (χ2v) is 5.41. The predicted octanol–water partition coefficient (Wildman–Crippen LogP) is 2.50. The summed E-state index contributed by atoms with van der Waals surface area (Å²) in [4.78, 5) is 2.43. The number of rotatable bonds is 4. The van der Waals surface area contributed by atoms with Gasteiger partial charge in [0.2, 0.25) is 0 Å². The number of hydrogen-bond donors (Lipinski definition) is 0. The SMILES string of the molecule is CCn1ccc(CN(C)C2Cc3ccccc3C2)n1. The lowest BCUT2D eigenvalue weighted by atomic mass is 10.1. The van der Waals surface area contributed by atoms with E-state index in [-0.39, 0.29) is 0 Å². The monoisotopic (exact) mass is 255 g/mol. The lowest BCUT2D eigenvalue weighted by Crippen LogP contribution is -2.31. The molecular weight excluding hydrogens is 234 g/mol. The minimum atomic E-state index is 0.615. The molecule has 3 nitrogen and oxygen atoms in total. The smallest absolute Gasteiger partial charge is 0.0764 e. The van der Waals surface area contributed by atoms with E-state index < -0.39 is 0 Å². The van der Waals surface area contributed by atoms with Gasteiger partial charge in [-0.3, -0.25) is 9.58 Å². The van der Waals surface area contributed by atoms with Crippen LogP contribution in [-0.4, -0.2) is 27.8 Å². The highest BCUT2D eigenvalue weighted by atomic mass is 15.3. The average molecular weight is 255 g/mol. The molecule has 0 radical (unpaired) electrons. The van der Waals surface area contributed by atoms with Crippen molar-refractivity contribution in [3.05, 3.63) is 53.3 Å². The third kappa shape index (κ3) is 2.56. The molecule has 0 saturated heterocycles. The Morgan fingerprint density at radius 1 is 1.21 bits per heavy atom. The van der Waals surface area contributed by atoms with Crippen LogP contribution in [0.2, 0.25) is 0 Å². The summed E-state index contributed by atoms with van der Waals surface area (Å²) in [7, 11) is 2.21. The fraction of sp³-hybridized carbons (Fsp3) is 0.438. The maximum atomic E-state index is 4.56. The van der Waals surface area contributed by atoms with Gasteiger partial charge in [-0.1, -0.05) is 24.3 Å². The molecule has 100 valence electrons. The highest BCUT2D eigenvalue weighted by Gasteiger charge is 2.24. The van der Waals surface area contributed by atoms with Crippen LogP contribution in [0.5, 0.6) is 0 Å². The van der Waals surface area contributed by atoms with E-state index in [0.29, 0.717) is 6.04 Å². The lowest BCUT2D eigenvalue weighted by Gasteiger charge is -2.22. The van der Waals surface area contributed by atoms with Crippen LogP contribution in [0.15, 0.2) is 36.5 Å². The summed E-state index contributed by atoms with van der Waals surface area (Å²) in [5.41, 5.74) is 4.19. The van der Waals surface area contributed by atoms with Gasteiger partial charge in [0.25, 0.3) is 0 Å². The molecule has 19 heavy (non-hydrogen) atoms. The zero-order chi connectivity index (χ0) is 13.2. The second-order valence-electron chi connectivity index (χ2n) is 5.41. The third-order valence-corrected chi connectivity index (χ3v) is 4.08. The van der Waals surface area contributed by atoms with E-state index in [1.807, 2.05) is 4.68 Å². The standard InChI is InChI=1S/C16H21N3/c1-3-19-9-8-15(17-19)12-18(2)16-10-13-6-4-5-7-14(13)11-16/h4-9,16H,3,10-12H2,1-2H3. The third-order valence-electron chi connectivity index (χ3n) is 4.08. The van der Waals surface area contributed by atoms with Gasteiger partial charge in [0.1, 0.15) is 0 Å². The maximum absolute atomic E-state index is 4.56. The van der Waals surface area contributed by atoms with Crippen LogP contribution in [-0.2, 0) is 25.9 Å². The molecule has 1 aromatic heterocycles. The Bertz CT molecular complexity index is 534. The number of likely N-dealkylation sites (N-methyl/N-ethyl adjacent to an activating group) is 1. The Labute approximate surface area is 114 Å². The normalized spacial score (nSPS) is 15.1. The van der Waals surface area contributed by atoms with Gasteiger partial charge >= 0.3 is 0 Å². The fourth-order valence-corrected chi connectivity index (χ4v) is 2.90. The number of hydrogen-bond acceptors (Lipinski definition) is 2. The van der Waals surface area contributed by atoms with E-state index in [0.717, 1.165) is 13.1 Å². The summed E-state index contributed by atoms with van der Waals surface area (Å²) in [6.07, 6.45) is 4.40. The number of aromatic nitrogens is 2. The van der Waals surface area contributed by atoms with Crippen LogP contribution < -0.4 is 0 Å². The van der Waals surface area contributed by atoms with Gasteiger partial charge in [-0.05, 0) is 44.0 Å². The Morgan fingerprint density at radius 2 is 1.89 bits per heavy atom. The molecule has 1 aliphatic carbocycles. The molecule has 2 aromatic rings. The van der Waals surface area contributed by atoms with Crippen molar-refractivity contribution in [1.29, 1.82) is 0 Å². The van der Waals surface area contributed by atoms with E-state index in [9.17, 15) is 0 Å². The van der Waals surface area contributed by atoms with Crippen molar-refractivity contribution in [1.82, 2.24) is 14.7 Å². The zero-order valence-electron chi connectivity index (χ0n) is 11.7. The first kappa shape index (κ1) is 12.4. The Hall–Kier alpha value is -1.61. The fourth-order valence-electron chi connectivity index (χ4n) is 2.90. The van der Waals surface area contributed by atoms with Crippen LogP contribution in [0.25, 0.3) is 0 Å². The lowest BCUT2D eigenvalue weighted by molar-refractivity contribution is 0.237. The van der Waals surface area contributed by atoms with Crippen LogP contribution in [0, 0.1) is 0 Å². The highest BCUT2D eigenvalue weighted by Crippen LogP contribution is 2.25. The van der Waals surface area contributed by atoms with E-state index in [1.54, 1.807) is 0 Å². The predicted molar refractivity (Wildman–Crippen MR) is 77.0 cm³/mol. The molecule has 3 heteroatoms. The van der Waals surface area contributed by atoms with Crippen LogP contribution >= 0.6 is 0 Å². The minimum Gasteiger partial charge on any atom is -0.297 e. The largest absolute Gasteiger partial charge is 0.297 e.